The van der Waals surface area contributed by atoms with Crippen molar-refractivity contribution in [3.63, 3.8) is 0 Å². The number of carbonyl (C=O) groups is 1. The van der Waals surface area contributed by atoms with Crippen LogP contribution in [-0.2, 0) is 13.5 Å². The van der Waals surface area contributed by atoms with Crippen LogP contribution >= 0.6 is 11.3 Å². The second-order valence-corrected chi connectivity index (χ2v) is 4.59. The Kier molecular flexibility index (Phi) is 3.38. The van der Waals surface area contributed by atoms with Crippen molar-refractivity contribution >= 4 is 22.4 Å². The van der Waals surface area contributed by atoms with Gasteiger partial charge in [0.05, 0.1) is 6.20 Å². The van der Waals surface area contributed by atoms with Crippen LogP contribution in [0.25, 0.3) is 0 Å². The van der Waals surface area contributed by atoms with E-state index in [9.17, 15) is 4.79 Å². The van der Waals surface area contributed by atoms with Gasteiger partial charge in [-0.25, -0.2) is 9.97 Å². The number of amides is 1. The highest BCUT2D eigenvalue weighted by Gasteiger charge is 2.08. The van der Waals surface area contributed by atoms with Crippen LogP contribution in [0.15, 0.2) is 18.6 Å². The van der Waals surface area contributed by atoms with Crippen LogP contribution in [0.3, 0.4) is 0 Å². The summed E-state index contributed by atoms with van der Waals surface area (Å²) in [6, 6.07) is 0. The maximum Gasteiger partial charge on any atom is 0.263 e. The molecule has 0 fully saturated rings. The number of hydrogen-bond donors (Lipinski definition) is 2. The highest BCUT2D eigenvalue weighted by molar-refractivity contribution is 7.17. The highest BCUT2D eigenvalue weighted by atomic mass is 32.1. The first-order chi connectivity index (χ1) is 8.16. The lowest BCUT2D eigenvalue weighted by molar-refractivity contribution is 0.0957. The van der Waals surface area contributed by atoms with E-state index in [2.05, 4.69) is 15.3 Å². The summed E-state index contributed by atoms with van der Waals surface area (Å²) >= 11 is 1.18. The summed E-state index contributed by atoms with van der Waals surface area (Å²) in [5.41, 5.74) is 5.46. The number of thiazole rings is 1. The van der Waals surface area contributed by atoms with Crippen LogP contribution in [0.1, 0.15) is 15.5 Å². The van der Waals surface area contributed by atoms with Crippen LogP contribution in [0.2, 0.25) is 0 Å². The summed E-state index contributed by atoms with van der Waals surface area (Å²) < 4.78 is 1.93. The molecule has 3 N–H and O–H groups in total. The lowest BCUT2D eigenvalue weighted by atomic mass is 10.4. The van der Waals surface area contributed by atoms with E-state index in [0.29, 0.717) is 23.0 Å². The monoisotopic (exact) mass is 251 g/mol. The predicted molar refractivity (Wildman–Crippen MR) is 65.8 cm³/mol. The topological polar surface area (TPSA) is 85.8 Å². The molecule has 7 heteroatoms. The molecule has 1 amide bonds. The largest absolute Gasteiger partial charge is 0.375 e. The van der Waals surface area contributed by atoms with Gasteiger partial charge < -0.3 is 15.6 Å². The Bertz CT molecular complexity index is 518. The van der Waals surface area contributed by atoms with Crippen molar-refractivity contribution in [1.29, 1.82) is 0 Å². The van der Waals surface area contributed by atoms with Gasteiger partial charge in [-0.1, -0.05) is 11.3 Å². The number of rotatable bonds is 4. The number of nitrogen functional groups attached to an aromatic ring is 1. The average molecular weight is 251 g/mol. The van der Waals surface area contributed by atoms with E-state index in [-0.39, 0.29) is 5.91 Å². The van der Waals surface area contributed by atoms with Gasteiger partial charge in [0, 0.05) is 32.4 Å². The van der Waals surface area contributed by atoms with E-state index in [1.807, 2.05) is 17.8 Å². The minimum absolute atomic E-state index is 0.145. The first-order valence-corrected chi connectivity index (χ1v) is 5.94. The highest BCUT2D eigenvalue weighted by Crippen LogP contribution is 2.13. The molecule has 0 aromatic carbocycles. The van der Waals surface area contributed by atoms with Crippen molar-refractivity contribution in [1.82, 2.24) is 19.9 Å². The van der Waals surface area contributed by atoms with E-state index < -0.39 is 0 Å². The van der Waals surface area contributed by atoms with Crippen LogP contribution in [0.5, 0.6) is 0 Å². The molecular formula is C10H13N5OS. The van der Waals surface area contributed by atoms with E-state index >= 15 is 0 Å². The molecule has 0 saturated carbocycles. The molecule has 0 spiro atoms. The summed E-state index contributed by atoms with van der Waals surface area (Å²) in [5, 5.41) is 3.20. The minimum atomic E-state index is -0.145. The lowest BCUT2D eigenvalue weighted by Crippen LogP contribution is -2.25. The predicted octanol–water partition coefficient (Wildman–Crippen LogP) is 0.431. The first kappa shape index (κ1) is 11.6. The van der Waals surface area contributed by atoms with Crippen molar-refractivity contribution in [3.05, 3.63) is 29.3 Å². The van der Waals surface area contributed by atoms with Crippen molar-refractivity contribution in [2.75, 3.05) is 12.3 Å². The quantitative estimate of drug-likeness (QED) is 0.825. The van der Waals surface area contributed by atoms with E-state index in [0.717, 1.165) is 5.82 Å². The molecule has 2 aromatic heterocycles. The van der Waals surface area contributed by atoms with Gasteiger partial charge in [0.15, 0.2) is 5.13 Å². The summed E-state index contributed by atoms with van der Waals surface area (Å²) in [6.07, 6.45) is 5.79. The molecule has 0 radical (unpaired) electrons. The van der Waals surface area contributed by atoms with Gasteiger partial charge in [-0.3, -0.25) is 4.79 Å². The third kappa shape index (κ3) is 2.82. The van der Waals surface area contributed by atoms with Crippen LogP contribution in [0, 0.1) is 0 Å². The Morgan fingerprint density at radius 2 is 2.41 bits per heavy atom. The fourth-order valence-corrected chi connectivity index (χ4v) is 2.01. The summed E-state index contributed by atoms with van der Waals surface area (Å²) in [7, 11) is 1.92. The Balaban J connectivity index is 1.83. The number of carbonyl (C=O) groups excluding carboxylic acids is 1. The average Bonchev–Trinajstić information content (AvgIpc) is 2.88. The minimum Gasteiger partial charge on any atom is -0.375 e. The molecule has 17 heavy (non-hydrogen) atoms. The normalized spacial score (nSPS) is 10.4. The molecular weight excluding hydrogens is 238 g/mol. The van der Waals surface area contributed by atoms with Gasteiger partial charge in [0.1, 0.15) is 10.7 Å². The third-order valence-electron chi connectivity index (χ3n) is 2.30. The molecule has 0 bridgehead atoms. The number of aromatic nitrogens is 3. The van der Waals surface area contributed by atoms with Gasteiger partial charge in [0.25, 0.3) is 5.91 Å². The van der Waals surface area contributed by atoms with Gasteiger partial charge >= 0.3 is 0 Å². The molecule has 0 saturated heterocycles. The zero-order valence-electron chi connectivity index (χ0n) is 9.38. The standard InChI is InChI=1S/C10H13N5OS/c1-15-5-4-12-8(15)2-3-13-9(16)7-6-14-10(11)17-7/h4-6H,2-3H2,1H3,(H2,11,14)(H,13,16). The van der Waals surface area contributed by atoms with Crippen molar-refractivity contribution in [2.24, 2.45) is 7.05 Å². The number of anilines is 1. The molecule has 0 aliphatic carbocycles. The molecule has 6 nitrogen and oxygen atoms in total. The van der Waals surface area contributed by atoms with Crippen LogP contribution in [-0.4, -0.2) is 27.0 Å². The number of nitrogens with one attached hydrogen (secondary N) is 1. The Morgan fingerprint density at radius 1 is 1.59 bits per heavy atom. The fraction of sp³-hybridized carbons (Fsp3) is 0.300. The number of nitrogens with zero attached hydrogens (tertiary/aromatic N) is 3. The Labute approximate surface area is 102 Å². The van der Waals surface area contributed by atoms with Gasteiger partial charge in [0.2, 0.25) is 0 Å². The maximum absolute atomic E-state index is 11.6. The Hall–Kier alpha value is -1.89. The number of imidazole rings is 1. The summed E-state index contributed by atoms with van der Waals surface area (Å²) in [5.74, 6) is 0.794. The molecule has 0 unspecified atom stereocenters. The van der Waals surface area contributed by atoms with Gasteiger partial charge in [-0.15, -0.1) is 0 Å². The second-order valence-electron chi connectivity index (χ2n) is 3.52. The molecule has 2 aromatic rings. The molecule has 2 heterocycles. The number of aryl methyl sites for hydroxylation is 1. The summed E-state index contributed by atoms with van der Waals surface area (Å²) in [6.45, 7) is 0.543. The molecule has 0 atom stereocenters. The number of hydrogen-bond acceptors (Lipinski definition) is 5. The molecule has 0 aliphatic heterocycles. The third-order valence-corrected chi connectivity index (χ3v) is 3.13. The molecule has 0 aliphatic rings. The lowest BCUT2D eigenvalue weighted by Gasteiger charge is -2.03. The van der Waals surface area contributed by atoms with Crippen molar-refractivity contribution in [3.8, 4) is 0 Å². The fourth-order valence-electron chi connectivity index (χ4n) is 1.40. The second kappa shape index (κ2) is 4.96. The first-order valence-electron chi connectivity index (χ1n) is 5.12. The van der Waals surface area contributed by atoms with Crippen molar-refractivity contribution in [2.45, 2.75) is 6.42 Å². The van der Waals surface area contributed by atoms with E-state index in [1.165, 1.54) is 17.5 Å². The van der Waals surface area contributed by atoms with Crippen LogP contribution in [0.4, 0.5) is 5.13 Å². The van der Waals surface area contributed by atoms with E-state index in [4.69, 9.17) is 5.73 Å². The maximum atomic E-state index is 11.6. The molecule has 90 valence electrons. The van der Waals surface area contributed by atoms with Crippen LogP contribution < -0.4 is 11.1 Å². The smallest absolute Gasteiger partial charge is 0.263 e. The zero-order chi connectivity index (χ0) is 12.3. The Morgan fingerprint density at radius 3 is 3.00 bits per heavy atom. The number of nitrogens with two attached hydrogens (primary N) is 1. The molecule has 2 rings (SSSR count). The van der Waals surface area contributed by atoms with E-state index in [1.54, 1.807) is 6.20 Å². The zero-order valence-corrected chi connectivity index (χ0v) is 10.2. The van der Waals surface area contributed by atoms with Crippen molar-refractivity contribution < 1.29 is 4.79 Å². The SMILES string of the molecule is Cn1ccnc1CCNC(=O)c1cnc(N)s1. The van der Waals surface area contributed by atoms with Gasteiger partial charge in [-0.05, 0) is 0 Å². The summed E-state index contributed by atoms with van der Waals surface area (Å²) in [4.78, 5) is 20.2. The van der Waals surface area contributed by atoms with Gasteiger partial charge in [-0.2, -0.15) is 0 Å².